The Morgan fingerprint density at radius 1 is 0.594 bits per heavy atom. The quantitative estimate of drug-likeness (QED) is 0.0199. The number of ether oxygens (including phenoxy) is 1. The number of nitrogens with zero attached hydrogens (tertiary/aromatic N) is 1. The number of carboxylic acids is 2. The van der Waals surface area contributed by atoms with Crippen LogP contribution in [0.4, 0.5) is 0 Å². The SMILES string of the molecule is CC[C@H](C)[C@@H]1NC(=O)[C@H](Cc2ccc(O)cc2)NC(=O)[C@H](CCC(N)=O)NC(=O)[C@@H]2CCCN2C(=O)[C@@H](C(C)C)NC(=O)[C@H](CCC(=O)O)NC(=O)[C@H]([C@@H](C)O)NC(=O)[C@@H](NC(=O)[C@H](CCCN)NC(=O)[C@H](CCC(=O)O)NC(=O)CC(O)CCCCCCCCCCC(C)C)Cc2ccc(cc2)OC1=O. The molecule has 0 saturated carbocycles. The largest absolute Gasteiger partial charge is 0.508 e. The topological polar surface area (TPSA) is 513 Å². The fraction of sp³-hybridized carbons (Fsp3) is 0.649. The zero-order valence-electron chi connectivity index (χ0n) is 62.1. The van der Waals surface area contributed by atoms with E-state index in [-0.39, 0.29) is 62.3 Å². The molecule has 2 aromatic carbocycles. The number of carboxylic acid groups (broad SMARTS) is 2. The molecule has 18 N–H and O–H groups in total. The first-order valence-corrected chi connectivity index (χ1v) is 37.1. The minimum absolute atomic E-state index is 0.0237. The summed E-state index contributed by atoms with van der Waals surface area (Å²) in [4.78, 5) is 196. The number of esters is 1. The number of primary amides is 1. The normalized spacial score (nSPS) is 21.9. The van der Waals surface area contributed by atoms with Crippen LogP contribution in [-0.4, -0.2) is 199 Å². The van der Waals surface area contributed by atoms with Crippen LogP contribution in [0.3, 0.4) is 0 Å². The molecule has 3 heterocycles. The van der Waals surface area contributed by atoms with Gasteiger partial charge in [0, 0.05) is 38.6 Å². The van der Waals surface area contributed by atoms with Crippen LogP contribution < -0.4 is 64.1 Å². The summed E-state index contributed by atoms with van der Waals surface area (Å²) in [6.07, 6.45) is 2.76. The average Bonchev–Trinajstić information content (AvgIpc) is 1.61. The van der Waals surface area contributed by atoms with Crippen molar-refractivity contribution in [2.45, 2.75) is 275 Å². The Morgan fingerprint density at radius 3 is 1.72 bits per heavy atom. The molecule has 590 valence electrons. The van der Waals surface area contributed by atoms with Gasteiger partial charge in [0.15, 0.2) is 0 Å². The van der Waals surface area contributed by atoms with E-state index in [0.29, 0.717) is 30.7 Å². The summed E-state index contributed by atoms with van der Waals surface area (Å²) >= 11 is 0. The van der Waals surface area contributed by atoms with Gasteiger partial charge in [-0.2, -0.15) is 0 Å². The standard InChI is InChI=1S/C74H114N12O20/c1-8-44(6)63-74(105)106-50-29-25-47(26-30-50)40-56(81-65(96)51(21-17-37-75)78-66(97)52(32-35-60(92)93)77-59(91)41-49(89)20-16-14-12-10-9-11-13-15-19-42(2)3)70(101)85-64(45(7)87)72(103)80-54(33-36-61(94)95)68(99)83-62(43(4)5)73(104)86-38-18-22-57(86)71(102)79-53(31-34-58(76)90)67(98)82-55(69(100)84-63)39-46-23-27-48(88)28-24-46/h23-30,42-45,49,51-57,62-64,87-89H,8-22,31-41,75H2,1-7H3,(H2,76,90)(H,77,91)(H,78,97)(H,79,102)(H,80,103)(H,81,96)(H,82,98)(H,83,99)(H,84,100)(H,85,101)(H,92,93)(H,94,95)/t44-,45+,49?,51-,52-,53-,54-,55-,56-,57-,62+,63-,64-/m0/s1. The number of benzene rings is 2. The van der Waals surface area contributed by atoms with Crippen LogP contribution in [0.25, 0.3) is 0 Å². The Morgan fingerprint density at radius 2 is 1.14 bits per heavy atom. The molecule has 1 saturated heterocycles. The Hall–Kier alpha value is -9.30. The summed E-state index contributed by atoms with van der Waals surface area (Å²) in [5.74, 6) is -15.4. The third kappa shape index (κ3) is 31.4. The molecule has 0 radical (unpaired) electrons. The van der Waals surface area contributed by atoms with Crippen LogP contribution in [0.15, 0.2) is 48.5 Å². The van der Waals surface area contributed by atoms with E-state index in [1.54, 1.807) is 27.7 Å². The summed E-state index contributed by atoms with van der Waals surface area (Å²) < 4.78 is 5.83. The summed E-state index contributed by atoms with van der Waals surface area (Å²) in [5, 5.41) is 74.6. The van der Waals surface area contributed by atoms with Crippen molar-refractivity contribution >= 4 is 82.9 Å². The summed E-state index contributed by atoms with van der Waals surface area (Å²) in [7, 11) is 0. The maximum atomic E-state index is 14.9. The lowest BCUT2D eigenvalue weighted by Gasteiger charge is -2.32. The molecule has 2 bridgehead atoms. The van der Waals surface area contributed by atoms with E-state index in [9.17, 15) is 92.7 Å². The van der Waals surface area contributed by atoms with Crippen molar-refractivity contribution in [3.8, 4) is 11.5 Å². The van der Waals surface area contributed by atoms with Crippen LogP contribution in [0.2, 0.25) is 0 Å². The first-order valence-electron chi connectivity index (χ1n) is 37.1. The molecule has 2 aromatic rings. The zero-order chi connectivity index (χ0) is 78.7. The second-order valence-electron chi connectivity index (χ2n) is 28.5. The number of aromatic hydroxyl groups is 1. The number of carbonyl (C=O) groups is 14. The van der Waals surface area contributed by atoms with E-state index in [0.717, 1.165) is 43.9 Å². The Bertz CT molecular complexity index is 3260. The van der Waals surface area contributed by atoms with Crippen LogP contribution in [0.1, 0.15) is 201 Å². The monoisotopic (exact) mass is 1490 g/mol. The number of fused-ring (bicyclic) bond motifs is 23. The maximum absolute atomic E-state index is 14.9. The number of rotatable bonds is 36. The van der Waals surface area contributed by atoms with Crippen molar-refractivity contribution in [1.29, 1.82) is 0 Å². The minimum Gasteiger partial charge on any atom is -0.508 e. The highest BCUT2D eigenvalue weighted by Crippen LogP contribution is 2.24. The second kappa shape index (κ2) is 45.9. The number of carbonyl (C=O) groups excluding carboxylic acids is 12. The molecule has 5 rings (SSSR count). The molecule has 106 heavy (non-hydrogen) atoms. The number of unbranched alkanes of at least 4 members (excludes halogenated alkanes) is 7. The van der Waals surface area contributed by atoms with Gasteiger partial charge in [0.2, 0.25) is 65.0 Å². The van der Waals surface area contributed by atoms with Crippen molar-refractivity contribution in [3.63, 3.8) is 0 Å². The first-order chi connectivity index (χ1) is 50.2. The molecule has 3 aliphatic heterocycles. The molecule has 11 amide bonds. The highest BCUT2D eigenvalue weighted by atomic mass is 16.5. The number of nitrogens with one attached hydrogen (secondary N) is 9. The van der Waals surface area contributed by atoms with Gasteiger partial charge in [0.1, 0.15) is 71.9 Å². The van der Waals surface area contributed by atoms with Gasteiger partial charge in [-0.25, -0.2) is 4.79 Å². The van der Waals surface area contributed by atoms with Crippen LogP contribution >= 0.6 is 0 Å². The number of hydrogen-bond donors (Lipinski definition) is 16. The highest BCUT2D eigenvalue weighted by molar-refractivity contribution is 6.00. The van der Waals surface area contributed by atoms with E-state index < -0.39 is 219 Å². The van der Waals surface area contributed by atoms with Crippen molar-refractivity contribution in [2.75, 3.05) is 13.1 Å². The molecule has 32 nitrogen and oxygen atoms in total. The van der Waals surface area contributed by atoms with Crippen molar-refractivity contribution < 1.29 is 97.4 Å². The lowest BCUT2D eigenvalue weighted by Crippen LogP contribution is -2.62. The number of amides is 11. The average molecular weight is 1490 g/mol. The van der Waals surface area contributed by atoms with Gasteiger partial charge in [-0.05, 0) is 118 Å². The van der Waals surface area contributed by atoms with Gasteiger partial charge in [-0.15, -0.1) is 0 Å². The molecular weight excluding hydrogens is 1380 g/mol. The van der Waals surface area contributed by atoms with Gasteiger partial charge in [0.05, 0.1) is 18.6 Å². The Balaban J connectivity index is 1.78. The van der Waals surface area contributed by atoms with Gasteiger partial charge >= 0.3 is 17.9 Å². The lowest BCUT2D eigenvalue weighted by molar-refractivity contribution is -0.144. The molecular formula is C74H114N12O20. The van der Waals surface area contributed by atoms with Crippen molar-refractivity contribution in [3.05, 3.63) is 59.7 Å². The number of nitrogens with two attached hydrogens (primary N) is 2. The maximum Gasteiger partial charge on any atom is 0.334 e. The van der Waals surface area contributed by atoms with Crippen LogP contribution in [0, 0.1) is 17.8 Å². The molecule has 1 unspecified atom stereocenters. The molecule has 0 spiro atoms. The van der Waals surface area contributed by atoms with Gasteiger partial charge in [-0.3, -0.25) is 62.3 Å². The summed E-state index contributed by atoms with van der Waals surface area (Å²) in [5.41, 5.74) is 12.1. The van der Waals surface area contributed by atoms with E-state index in [1.165, 1.54) is 67.8 Å². The van der Waals surface area contributed by atoms with Gasteiger partial charge in [0.25, 0.3) is 0 Å². The van der Waals surface area contributed by atoms with Gasteiger partial charge in [-0.1, -0.05) is 130 Å². The third-order valence-corrected chi connectivity index (χ3v) is 18.8. The number of hydrogen-bond acceptors (Lipinski definition) is 19. The van der Waals surface area contributed by atoms with Crippen molar-refractivity contribution in [1.82, 2.24) is 52.8 Å². The lowest BCUT2D eigenvalue weighted by atomic mass is 9.97. The predicted octanol–water partition coefficient (Wildman–Crippen LogP) is 1.58. The van der Waals surface area contributed by atoms with Crippen LogP contribution in [0.5, 0.6) is 11.5 Å². The van der Waals surface area contributed by atoms with E-state index in [1.807, 2.05) is 0 Å². The molecule has 3 aliphatic rings. The van der Waals surface area contributed by atoms with Gasteiger partial charge < -0.3 is 94.5 Å². The fourth-order valence-corrected chi connectivity index (χ4v) is 12.4. The smallest absolute Gasteiger partial charge is 0.334 e. The highest BCUT2D eigenvalue weighted by Gasteiger charge is 2.43. The first kappa shape index (κ1) is 89.1. The van der Waals surface area contributed by atoms with Crippen molar-refractivity contribution in [2.24, 2.45) is 29.2 Å². The third-order valence-electron chi connectivity index (χ3n) is 18.8. The zero-order valence-corrected chi connectivity index (χ0v) is 62.1. The predicted molar refractivity (Wildman–Crippen MR) is 388 cm³/mol. The molecule has 32 heteroatoms. The number of aliphatic hydroxyl groups is 2. The number of aliphatic carboxylic acids is 2. The Labute approximate surface area is 619 Å². The molecule has 0 aromatic heterocycles. The van der Waals surface area contributed by atoms with E-state index in [2.05, 4.69) is 61.7 Å². The minimum atomic E-state index is -1.99. The fourth-order valence-electron chi connectivity index (χ4n) is 12.4. The molecule has 0 aliphatic carbocycles. The van der Waals surface area contributed by atoms with Crippen LogP contribution in [-0.2, 0) is 80.0 Å². The molecule has 13 atom stereocenters. The summed E-state index contributed by atoms with van der Waals surface area (Å²) in [6, 6.07) is -4.88. The number of phenolic OH excluding ortho intramolecular Hbond substituents is 1. The Kier molecular flexibility index (Phi) is 38.6. The number of aliphatic hydroxyl groups excluding tert-OH is 2. The second-order valence-corrected chi connectivity index (χ2v) is 28.5. The van der Waals surface area contributed by atoms with E-state index >= 15 is 0 Å². The summed E-state index contributed by atoms with van der Waals surface area (Å²) in [6.45, 7) is 11.9. The van der Waals surface area contributed by atoms with E-state index in [4.69, 9.17) is 16.2 Å². The number of phenols is 1. The molecule has 1 fully saturated rings.